The monoisotopic (exact) mass is 541 g/mol. The molecule has 4 aromatic rings. The zero-order chi connectivity index (χ0) is 27.4. The fourth-order valence-electron chi connectivity index (χ4n) is 4.97. The summed E-state index contributed by atoms with van der Waals surface area (Å²) >= 11 is 5.96. The van der Waals surface area contributed by atoms with Crippen LogP contribution in [0.4, 0.5) is 5.69 Å². The summed E-state index contributed by atoms with van der Waals surface area (Å²) < 4.78 is 7.87. The molecule has 0 fully saturated rings. The first-order valence-electron chi connectivity index (χ1n) is 13.3. The Morgan fingerprint density at radius 2 is 1.64 bits per heavy atom. The lowest BCUT2D eigenvalue weighted by Crippen LogP contribution is -2.48. The van der Waals surface area contributed by atoms with Gasteiger partial charge in [-0.3, -0.25) is 14.5 Å². The van der Waals surface area contributed by atoms with Gasteiger partial charge in [0.05, 0.1) is 17.1 Å². The summed E-state index contributed by atoms with van der Waals surface area (Å²) in [5.41, 5.74) is 4.92. The number of ether oxygens (including phenoxy) is 1. The minimum Gasteiger partial charge on any atom is -0.484 e. The van der Waals surface area contributed by atoms with Gasteiger partial charge in [0.25, 0.3) is 5.91 Å². The Bertz CT molecular complexity index is 1450. The molecular weight excluding hydrogens is 510 g/mol. The van der Waals surface area contributed by atoms with Gasteiger partial charge in [0.15, 0.2) is 6.61 Å². The van der Waals surface area contributed by atoms with Crippen LogP contribution in [0.1, 0.15) is 42.6 Å². The summed E-state index contributed by atoms with van der Waals surface area (Å²) in [6.07, 6.45) is 3.73. The molecule has 200 valence electrons. The number of carbonyl (C=O) groups excluding carboxylic acids is 2. The molecular formula is C32H32ClN3O3. The second kappa shape index (κ2) is 11.8. The zero-order valence-corrected chi connectivity index (χ0v) is 23.0. The Morgan fingerprint density at radius 3 is 2.36 bits per heavy atom. The lowest BCUT2D eigenvalue weighted by atomic mass is 9.97. The highest BCUT2D eigenvalue weighted by molar-refractivity contribution is 6.30. The molecule has 0 saturated heterocycles. The SMILES string of the molecule is CCCCN(CC(=O)N1c2ccccc2-n2cccc2C1c1ccc(C)cc1)C(=O)COc1ccc(Cl)cc1. The van der Waals surface area contributed by atoms with Crippen LogP contribution in [-0.4, -0.2) is 41.0 Å². The lowest BCUT2D eigenvalue weighted by Gasteiger charge is -2.39. The van der Waals surface area contributed by atoms with E-state index in [1.165, 1.54) is 0 Å². The Balaban J connectivity index is 1.45. The van der Waals surface area contributed by atoms with E-state index in [0.29, 0.717) is 17.3 Å². The Morgan fingerprint density at radius 1 is 0.923 bits per heavy atom. The number of fused-ring (bicyclic) bond motifs is 3. The molecule has 1 aromatic heterocycles. The van der Waals surface area contributed by atoms with Gasteiger partial charge in [-0.15, -0.1) is 0 Å². The van der Waals surface area contributed by atoms with Crippen molar-refractivity contribution in [3.05, 3.63) is 113 Å². The van der Waals surface area contributed by atoms with Crippen molar-refractivity contribution in [2.45, 2.75) is 32.7 Å². The van der Waals surface area contributed by atoms with Gasteiger partial charge >= 0.3 is 0 Å². The number of unbranched alkanes of at least 4 members (excludes halogenated alkanes) is 1. The molecule has 1 aliphatic rings. The van der Waals surface area contributed by atoms with Crippen molar-refractivity contribution in [3.63, 3.8) is 0 Å². The van der Waals surface area contributed by atoms with Crippen molar-refractivity contribution in [3.8, 4) is 11.4 Å². The maximum absolute atomic E-state index is 14.2. The molecule has 5 rings (SSSR count). The Hall–Kier alpha value is -4.03. The van der Waals surface area contributed by atoms with E-state index < -0.39 is 0 Å². The fourth-order valence-corrected chi connectivity index (χ4v) is 5.10. The summed E-state index contributed by atoms with van der Waals surface area (Å²) in [5, 5.41) is 0.597. The second-order valence-electron chi connectivity index (χ2n) is 9.78. The van der Waals surface area contributed by atoms with Crippen LogP contribution in [0.15, 0.2) is 91.1 Å². The van der Waals surface area contributed by atoms with E-state index in [1.54, 1.807) is 29.2 Å². The predicted octanol–water partition coefficient (Wildman–Crippen LogP) is 6.58. The molecule has 0 saturated carbocycles. The highest BCUT2D eigenvalue weighted by atomic mass is 35.5. The summed E-state index contributed by atoms with van der Waals surface area (Å²) in [7, 11) is 0. The number of amides is 2. The average molecular weight is 542 g/mol. The minimum absolute atomic E-state index is 0.0415. The standard InChI is InChI=1S/C32H32ClN3O3/c1-3-4-19-34(31(38)22-39-26-17-15-25(33)16-18-26)21-30(37)36-28-9-6-5-8-27(28)35-20-7-10-29(35)32(36)24-13-11-23(2)12-14-24/h5-18,20,32H,3-4,19,21-22H2,1-2H3. The number of anilines is 1. The number of benzene rings is 3. The van der Waals surface area contributed by atoms with Crippen LogP contribution in [-0.2, 0) is 9.59 Å². The minimum atomic E-state index is -0.323. The first-order valence-corrected chi connectivity index (χ1v) is 13.7. The zero-order valence-electron chi connectivity index (χ0n) is 22.2. The number of halogens is 1. The normalized spacial score (nSPS) is 13.9. The van der Waals surface area contributed by atoms with Crippen LogP contribution in [0.25, 0.3) is 5.69 Å². The van der Waals surface area contributed by atoms with E-state index in [9.17, 15) is 9.59 Å². The Labute approximate surface area is 234 Å². The molecule has 39 heavy (non-hydrogen) atoms. The van der Waals surface area contributed by atoms with Gasteiger partial charge in [-0.05, 0) is 67.4 Å². The lowest BCUT2D eigenvalue weighted by molar-refractivity contribution is -0.137. The number of aromatic nitrogens is 1. The van der Waals surface area contributed by atoms with Crippen LogP contribution in [0.2, 0.25) is 5.02 Å². The first kappa shape index (κ1) is 26.6. The molecule has 1 atom stereocenters. The largest absolute Gasteiger partial charge is 0.484 e. The second-order valence-corrected chi connectivity index (χ2v) is 10.2. The van der Waals surface area contributed by atoms with Crippen molar-refractivity contribution in [1.82, 2.24) is 9.47 Å². The van der Waals surface area contributed by atoms with Crippen LogP contribution in [0.5, 0.6) is 5.75 Å². The molecule has 0 aliphatic carbocycles. The predicted molar refractivity (Wildman–Crippen MR) is 155 cm³/mol. The van der Waals surface area contributed by atoms with Gasteiger partial charge in [-0.1, -0.05) is 66.9 Å². The van der Waals surface area contributed by atoms with Gasteiger partial charge < -0.3 is 14.2 Å². The van der Waals surface area contributed by atoms with Crippen molar-refractivity contribution < 1.29 is 14.3 Å². The van der Waals surface area contributed by atoms with Gasteiger partial charge in [-0.25, -0.2) is 0 Å². The number of hydrogen-bond acceptors (Lipinski definition) is 3. The molecule has 2 heterocycles. The van der Waals surface area contributed by atoms with Crippen LogP contribution >= 0.6 is 11.6 Å². The number of rotatable bonds is 9. The maximum atomic E-state index is 14.2. The van der Waals surface area contributed by atoms with E-state index in [-0.39, 0.29) is 31.0 Å². The molecule has 7 heteroatoms. The third-order valence-corrected chi connectivity index (χ3v) is 7.27. The number of nitrogens with zero attached hydrogens (tertiary/aromatic N) is 3. The quantitative estimate of drug-likeness (QED) is 0.240. The van der Waals surface area contributed by atoms with E-state index in [0.717, 1.165) is 41.0 Å². The third-order valence-electron chi connectivity index (χ3n) is 7.02. The highest BCUT2D eigenvalue weighted by Gasteiger charge is 2.36. The number of para-hydroxylation sites is 2. The molecule has 0 bridgehead atoms. The number of carbonyl (C=O) groups is 2. The van der Waals surface area contributed by atoms with E-state index >= 15 is 0 Å². The van der Waals surface area contributed by atoms with Crippen molar-refractivity contribution >= 4 is 29.1 Å². The summed E-state index contributed by atoms with van der Waals surface area (Å²) in [6, 6.07) is 26.8. The number of aryl methyl sites for hydroxylation is 1. The molecule has 2 amide bonds. The maximum Gasteiger partial charge on any atom is 0.260 e. The van der Waals surface area contributed by atoms with Gasteiger partial charge in [0.2, 0.25) is 5.91 Å². The molecule has 3 aromatic carbocycles. The third kappa shape index (κ3) is 5.71. The summed E-state index contributed by atoms with van der Waals surface area (Å²) in [5.74, 6) is 0.184. The molecule has 0 spiro atoms. The summed E-state index contributed by atoms with van der Waals surface area (Å²) in [6.45, 7) is 4.40. The highest BCUT2D eigenvalue weighted by Crippen LogP contribution is 2.42. The number of hydrogen-bond donors (Lipinski definition) is 0. The van der Waals surface area contributed by atoms with E-state index in [4.69, 9.17) is 16.3 Å². The van der Waals surface area contributed by atoms with Crippen molar-refractivity contribution in [2.75, 3.05) is 24.6 Å². The Kier molecular flexibility index (Phi) is 8.03. The smallest absolute Gasteiger partial charge is 0.260 e. The molecule has 6 nitrogen and oxygen atoms in total. The van der Waals surface area contributed by atoms with Gasteiger partial charge in [-0.2, -0.15) is 0 Å². The molecule has 0 N–H and O–H groups in total. The van der Waals surface area contributed by atoms with E-state index in [2.05, 4.69) is 48.7 Å². The van der Waals surface area contributed by atoms with Gasteiger partial charge in [0, 0.05) is 17.8 Å². The van der Waals surface area contributed by atoms with Crippen LogP contribution < -0.4 is 9.64 Å². The topological polar surface area (TPSA) is 54.8 Å². The van der Waals surface area contributed by atoms with Crippen LogP contribution in [0, 0.1) is 6.92 Å². The van der Waals surface area contributed by atoms with Crippen molar-refractivity contribution in [1.29, 1.82) is 0 Å². The summed E-state index contributed by atoms with van der Waals surface area (Å²) in [4.78, 5) is 31.0. The van der Waals surface area contributed by atoms with Gasteiger partial charge in [0.1, 0.15) is 18.3 Å². The first-order chi connectivity index (χ1) is 19.0. The average Bonchev–Trinajstić information content (AvgIpc) is 3.44. The molecule has 0 radical (unpaired) electrons. The fraction of sp³-hybridized carbons (Fsp3) is 0.250. The molecule has 1 aliphatic heterocycles. The van der Waals surface area contributed by atoms with Crippen molar-refractivity contribution in [2.24, 2.45) is 0 Å². The van der Waals surface area contributed by atoms with Crippen LogP contribution in [0.3, 0.4) is 0 Å². The van der Waals surface area contributed by atoms with E-state index in [1.807, 2.05) is 41.4 Å². The molecule has 1 unspecified atom stereocenters.